The summed E-state index contributed by atoms with van der Waals surface area (Å²) in [4.78, 5) is 0. The molecule has 14 rings (SSSR count). The van der Waals surface area contributed by atoms with Crippen LogP contribution in [0.4, 0.5) is 0 Å². The van der Waals surface area contributed by atoms with Gasteiger partial charge in [-0.15, -0.1) is 0 Å². The molecule has 0 saturated carbocycles. The van der Waals surface area contributed by atoms with Crippen LogP contribution in [-0.2, 0) is 6.42 Å². The van der Waals surface area contributed by atoms with Crippen LogP contribution in [0, 0.1) is 0 Å². The quantitative estimate of drug-likeness (QED) is 0.113. The maximum absolute atomic E-state index is 2.50. The minimum absolute atomic E-state index is 0.985. The summed E-state index contributed by atoms with van der Waals surface area (Å²) in [6.45, 7) is 2.24. The van der Waals surface area contributed by atoms with Crippen molar-refractivity contribution in [3.63, 3.8) is 0 Å². The van der Waals surface area contributed by atoms with Crippen molar-refractivity contribution in [3.8, 4) is 111 Å². The molecule has 0 atom stereocenters. The molecule has 78 heavy (non-hydrogen) atoms. The summed E-state index contributed by atoms with van der Waals surface area (Å²) >= 11 is 0. The summed E-state index contributed by atoms with van der Waals surface area (Å²) in [7, 11) is 0. The fraction of sp³-hybridized carbons (Fsp3) is 0.0256. The molecule has 0 spiro atoms. The third kappa shape index (κ3) is 8.64. The molecule has 0 heterocycles. The second-order valence-corrected chi connectivity index (χ2v) is 20.7. The van der Waals surface area contributed by atoms with E-state index in [1.807, 2.05) is 0 Å². The summed E-state index contributed by atoms with van der Waals surface area (Å²) in [5, 5.41) is 7.47. The minimum Gasteiger partial charge on any atom is -0.0622 e. The van der Waals surface area contributed by atoms with Gasteiger partial charge in [-0.05, 0) is 222 Å². The van der Waals surface area contributed by atoms with E-state index in [0.717, 1.165) is 6.42 Å². The SMILES string of the molecule is CCc1ccc(-c2cc(-c3cc(-c4ccccc4)cc(-c4ccccc4)c3)c3ccc4c(-c5cc(-c6ccccc6)cc(-c6ccccc6)c5)cc(-c5cc(-c6ccccc6)cc(-c6ccccc6)c5)c5ccc2c3c54)cc1. The van der Waals surface area contributed by atoms with E-state index in [-0.39, 0.29) is 0 Å². The van der Waals surface area contributed by atoms with Gasteiger partial charge in [0, 0.05) is 0 Å². The molecule has 0 saturated heterocycles. The van der Waals surface area contributed by atoms with Crippen molar-refractivity contribution in [1.29, 1.82) is 0 Å². The summed E-state index contributed by atoms with van der Waals surface area (Å²) in [5.41, 5.74) is 25.2. The van der Waals surface area contributed by atoms with Crippen LogP contribution in [0.5, 0.6) is 0 Å². The van der Waals surface area contributed by atoms with Crippen molar-refractivity contribution in [2.45, 2.75) is 13.3 Å². The Kier molecular flexibility index (Phi) is 12.0. The lowest BCUT2D eigenvalue weighted by Gasteiger charge is -2.23. The summed E-state index contributed by atoms with van der Waals surface area (Å²) < 4.78 is 0. The van der Waals surface area contributed by atoms with Crippen LogP contribution in [0.2, 0.25) is 0 Å². The zero-order chi connectivity index (χ0) is 51.9. The van der Waals surface area contributed by atoms with Crippen LogP contribution in [0.3, 0.4) is 0 Å². The van der Waals surface area contributed by atoms with Gasteiger partial charge < -0.3 is 0 Å². The van der Waals surface area contributed by atoms with E-state index in [1.165, 1.54) is 149 Å². The average molecular weight is 991 g/mol. The molecule has 14 aromatic rings. The van der Waals surface area contributed by atoms with Crippen LogP contribution in [0.15, 0.2) is 297 Å². The highest BCUT2D eigenvalue weighted by Gasteiger charge is 2.23. The summed E-state index contributed by atoms with van der Waals surface area (Å²) in [5.74, 6) is 0. The van der Waals surface area contributed by atoms with Crippen LogP contribution >= 0.6 is 0 Å². The molecule has 0 fully saturated rings. The molecule has 0 bridgehead atoms. The molecule has 0 amide bonds. The van der Waals surface area contributed by atoms with Crippen molar-refractivity contribution < 1.29 is 0 Å². The topological polar surface area (TPSA) is 0 Å². The Morgan fingerprint density at radius 1 is 0.179 bits per heavy atom. The highest BCUT2D eigenvalue weighted by Crippen LogP contribution is 2.50. The Bertz CT molecular complexity index is 4130. The predicted molar refractivity (Wildman–Crippen MR) is 334 cm³/mol. The second kappa shape index (κ2) is 20.0. The molecule has 0 aliphatic rings. The average Bonchev–Trinajstić information content (AvgIpc) is 3.63. The monoisotopic (exact) mass is 990 g/mol. The van der Waals surface area contributed by atoms with Crippen molar-refractivity contribution >= 4 is 32.3 Å². The Labute approximate surface area is 457 Å². The van der Waals surface area contributed by atoms with Gasteiger partial charge in [0.15, 0.2) is 0 Å². The Hall–Kier alpha value is -9.88. The number of aryl methyl sites for hydroxylation is 1. The molecule has 0 radical (unpaired) electrons. The fourth-order valence-corrected chi connectivity index (χ4v) is 12.0. The Balaban J connectivity index is 1.13. The molecule has 0 aliphatic heterocycles. The van der Waals surface area contributed by atoms with E-state index in [4.69, 9.17) is 0 Å². The van der Waals surface area contributed by atoms with Gasteiger partial charge in [-0.2, -0.15) is 0 Å². The van der Waals surface area contributed by atoms with Gasteiger partial charge >= 0.3 is 0 Å². The number of hydrogen-bond acceptors (Lipinski definition) is 0. The number of benzene rings is 14. The van der Waals surface area contributed by atoms with E-state index in [9.17, 15) is 0 Å². The molecule has 14 aromatic carbocycles. The van der Waals surface area contributed by atoms with Crippen molar-refractivity contribution in [1.82, 2.24) is 0 Å². The van der Waals surface area contributed by atoms with Gasteiger partial charge in [0.25, 0.3) is 0 Å². The molecule has 0 N–H and O–H groups in total. The van der Waals surface area contributed by atoms with Crippen molar-refractivity contribution in [2.24, 2.45) is 0 Å². The van der Waals surface area contributed by atoms with Crippen LogP contribution in [0.1, 0.15) is 12.5 Å². The summed E-state index contributed by atoms with van der Waals surface area (Å²) in [6.07, 6.45) is 0.985. The number of rotatable bonds is 11. The molecule has 0 heteroatoms. The standard InChI is InChI=1S/C78H54/c1-2-52-33-35-59(36-34-52)73-50-74(66-44-60(53-21-9-3-10-22-53)41-61(45-66)54-23-11-4-12-24-54)70-39-40-72-76(68-48-64(57-29-17-7-18-30-57)43-65(49-68)58-31-19-8-20-32-58)51-75(71-38-37-69(73)77(70)78(71)72)67-46-62(55-25-13-5-14-26-55)42-63(47-67)56-27-15-6-16-28-56/h3-51H,2H2,1H3. The predicted octanol–water partition coefficient (Wildman–Crippen LogP) is 21.8. The Morgan fingerprint density at radius 3 is 0.628 bits per heavy atom. The molecular weight excluding hydrogens is 937 g/mol. The lowest BCUT2D eigenvalue weighted by atomic mass is 9.80. The highest BCUT2D eigenvalue weighted by molar-refractivity contribution is 6.32. The lowest BCUT2D eigenvalue weighted by molar-refractivity contribution is 1.14. The van der Waals surface area contributed by atoms with Crippen LogP contribution in [-0.4, -0.2) is 0 Å². The molecular formula is C78H54. The zero-order valence-corrected chi connectivity index (χ0v) is 43.5. The van der Waals surface area contributed by atoms with E-state index >= 15 is 0 Å². The first-order valence-electron chi connectivity index (χ1n) is 27.3. The van der Waals surface area contributed by atoms with E-state index < -0.39 is 0 Å². The molecule has 0 aromatic heterocycles. The van der Waals surface area contributed by atoms with E-state index in [0.29, 0.717) is 0 Å². The maximum Gasteiger partial charge on any atom is -0.00139 e. The van der Waals surface area contributed by atoms with Gasteiger partial charge in [0.1, 0.15) is 0 Å². The fourth-order valence-electron chi connectivity index (χ4n) is 12.0. The zero-order valence-electron chi connectivity index (χ0n) is 43.5. The second-order valence-electron chi connectivity index (χ2n) is 20.7. The molecule has 0 aliphatic carbocycles. The highest BCUT2D eigenvalue weighted by atomic mass is 14.3. The van der Waals surface area contributed by atoms with Crippen molar-refractivity contribution in [2.75, 3.05) is 0 Å². The smallest absolute Gasteiger partial charge is 0.00139 e. The first kappa shape index (κ1) is 46.6. The van der Waals surface area contributed by atoms with Crippen molar-refractivity contribution in [3.05, 3.63) is 303 Å². The molecule has 0 unspecified atom stereocenters. The van der Waals surface area contributed by atoms with Gasteiger partial charge in [-0.1, -0.05) is 237 Å². The van der Waals surface area contributed by atoms with Gasteiger partial charge in [-0.3, -0.25) is 0 Å². The van der Waals surface area contributed by atoms with Gasteiger partial charge in [-0.25, -0.2) is 0 Å². The summed E-state index contributed by atoms with van der Waals surface area (Å²) in [6, 6.07) is 111. The van der Waals surface area contributed by atoms with Gasteiger partial charge in [0.05, 0.1) is 0 Å². The van der Waals surface area contributed by atoms with Gasteiger partial charge in [0.2, 0.25) is 0 Å². The third-order valence-electron chi connectivity index (χ3n) is 15.9. The first-order valence-corrected chi connectivity index (χ1v) is 27.3. The van der Waals surface area contributed by atoms with E-state index in [2.05, 4.69) is 304 Å². The third-order valence-corrected chi connectivity index (χ3v) is 15.9. The molecule has 366 valence electrons. The maximum atomic E-state index is 2.50. The van der Waals surface area contributed by atoms with Crippen LogP contribution in [0.25, 0.3) is 144 Å². The normalized spacial score (nSPS) is 11.4. The Morgan fingerprint density at radius 2 is 0.397 bits per heavy atom. The number of hydrogen-bond donors (Lipinski definition) is 0. The van der Waals surface area contributed by atoms with Crippen LogP contribution < -0.4 is 0 Å². The largest absolute Gasteiger partial charge is 0.0622 e. The first-order chi connectivity index (χ1) is 38.6. The minimum atomic E-state index is 0.985. The van der Waals surface area contributed by atoms with E-state index in [1.54, 1.807) is 0 Å². The lowest BCUT2D eigenvalue weighted by Crippen LogP contribution is -1.96. The molecule has 0 nitrogen and oxygen atoms in total.